The Bertz CT molecular complexity index is 967. The van der Waals surface area contributed by atoms with Crippen LogP contribution in [0.2, 0.25) is 0 Å². The number of Topliss-reactive ketones (excluding diaryl/α,β-unsaturated/α-hetero) is 1. The number of carbonyl (C=O) groups is 1. The molecule has 2 aromatic rings. The maximum Gasteiger partial charge on any atom is 0.160 e. The molecule has 2 aromatic carbocycles. The van der Waals surface area contributed by atoms with Crippen LogP contribution in [-0.4, -0.2) is 79.3 Å². The maximum absolute atomic E-state index is 11.5. The van der Waals surface area contributed by atoms with Gasteiger partial charge in [0, 0.05) is 38.1 Å². The summed E-state index contributed by atoms with van der Waals surface area (Å²) < 4.78 is 10.6. The molecule has 0 aromatic heterocycles. The maximum atomic E-state index is 11.5. The van der Waals surface area contributed by atoms with E-state index in [9.17, 15) is 9.90 Å². The van der Waals surface area contributed by atoms with Gasteiger partial charge in [0.15, 0.2) is 11.5 Å². The first-order valence-electron chi connectivity index (χ1n) is 14.4. The number of carbonyl (C=O) groups excluding carboxylic acids is 1. The van der Waals surface area contributed by atoms with Crippen LogP contribution in [-0.2, 0) is 17.6 Å². The minimum atomic E-state index is -0.106. The van der Waals surface area contributed by atoms with Gasteiger partial charge in [-0.15, -0.1) is 0 Å². The lowest BCUT2D eigenvalue weighted by atomic mass is 10.0. The van der Waals surface area contributed by atoms with Crippen molar-refractivity contribution in [2.75, 3.05) is 40.4 Å². The van der Waals surface area contributed by atoms with Crippen LogP contribution in [0.4, 0.5) is 0 Å². The van der Waals surface area contributed by atoms with Crippen molar-refractivity contribution in [3.8, 4) is 11.5 Å². The third kappa shape index (κ3) is 9.11. The van der Waals surface area contributed by atoms with E-state index < -0.39 is 0 Å². The SMILES string of the molecule is CCCC(Cc1ccc(OC)c(OC)c1)N1CCC(=O)C1.CCCC(Cc1ccccc1)N1CCC(O)C1. The summed E-state index contributed by atoms with van der Waals surface area (Å²) in [4.78, 5) is 16.3. The van der Waals surface area contributed by atoms with E-state index in [1.165, 1.54) is 24.0 Å². The zero-order valence-electron chi connectivity index (χ0n) is 23.9. The number of ketones is 1. The molecule has 0 bridgehead atoms. The highest BCUT2D eigenvalue weighted by Crippen LogP contribution is 2.29. The van der Waals surface area contributed by atoms with Gasteiger partial charge in [0.05, 0.1) is 26.9 Å². The lowest BCUT2D eigenvalue weighted by Crippen LogP contribution is -2.35. The molecule has 2 fully saturated rings. The molecule has 2 aliphatic heterocycles. The van der Waals surface area contributed by atoms with Gasteiger partial charge in [0.2, 0.25) is 0 Å². The van der Waals surface area contributed by atoms with Gasteiger partial charge in [-0.3, -0.25) is 14.6 Å². The van der Waals surface area contributed by atoms with Crippen molar-refractivity contribution >= 4 is 5.78 Å². The summed E-state index contributed by atoms with van der Waals surface area (Å²) in [6.07, 6.45) is 8.27. The van der Waals surface area contributed by atoms with Gasteiger partial charge in [0.1, 0.15) is 5.78 Å². The van der Waals surface area contributed by atoms with Gasteiger partial charge in [-0.2, -0.15) is 0 Å². The third-order valence-corrected chi connectivity index (χ3v) is 7.76. The molecule has 4 rings (SSSR count). The van der Waals surface area contributed by atoms with Crippen molar-refractivity contribution in [1.82, 2.24) is 9.80 Å². The molecule has 3 atom stereocenters. The number of hydrogen-bond donors (Lipinski definition) is 1. The number of aliphatic hydroxyl groups excluding tert-OH is 1. The number of hydrogen-bond acceptors (Lipinski definition) is 6. The van der Waals surface area contributed by atoms with Crippen LogP contribution in [0, 0.1) is 0 Å². The van der Waals surface area contributed by atoms with Crippen LogP contribution in [0.15, 0.2) is 48.5 Å². The largest absolute Gasteiger partial charge is 0.493 e. The summed E-state index contributed by atoms with van der Waals surface area (Å²) in [7, 11) is 3.30. The Morgan fingerprint density at radius 1 is 0.868 bits per heavy atom. The zero-order chi connectivity index (χ0) is 27.3. The summed E-state index contributed by atoms with van der Waals surface area (Å²) in [6, 6.07) is 17.8. The lowest BCUT2D eigenvalue weighted by Gasteiger charge is -2.27. The summed E-state index contributed by atoms with van der Waals surface area (Å²) >= 11 is 0. The third-order valence-electron chi connectivity index (χ3n) is 7.76. The first-order chi connectivity index (χ1) is 18.5. The molecule has 2 aliphatic rings. The average Bonchev–Trinajstić information content (AvgIpc) is 3.57. The van der Waals surface area contributed by atoms with Crippen molar-refractivity contribution in [1.29, 1.82) is 0 Å². The number of aliphatic hydroxyl groups is 1. The molecule has 1 N–H and O–H groups in total. The molecule has 0 saturated carbocycles. The first kappa shape index (κ1) is 30.1. The fourth-order valence-electron chi connectivity index (χ4n) is 5.72. The Morgan fingerprint density at radius 3 is 2.08 bits per heavy atom. The summed E-state index contributed by atoms with van der Waals surface area (Å²) in [6.45, 7) is 7.86. The highest BCUT2D eigenvalue weighted by Gasteiger charge is 2.27. The molecule has 2 saturated heterocycles. The van der Waals surface area contributed by atoms with Crippen LogP contribution < -0.4 is 9.47 Å². The number of β-amino-alcohol motifs (C(OH)–C–C–N with tert-alkyl or cyclic N) is 1. The van der Waals surface area contributed by atoms with E-state index in [1.54, 1.807) is 14.2 Å². The van der Waals surface area contributed by atoms with E-state index in [2.05, 4.69) is 60.0 Å². The number of rotatable bonds is 12. The Balaban J connectivity index is 0.000000215. The second-order valence-electron chi connectivity index (χ2n) is 10.7. The second kappa shape index (κ2) is 15.9. The molecular weight excluding hydrogens is 476 g/mol. The normalized spacial score (nSPS) is 19.6. The van der Waals surface area contributed by atoms with Gasteiger partial charge in [0.25, 0.3) is 0 Å². The van der Waals surface area contributed by atoms with Crippen molar-refractivity contribution in [2.24, 2.45) is 0 Å². The molecule has 0 radical (unpaired) electrons. The van der Waals surface area contributed by atoms with Gasteiger partial charge >= 0.3 is 0 Å². The van der Waals surface area contributed by atoms with Crippen LogP contribution in [0.5, 0.6) is 11.5 Å². The van der Waals surface area contributed by atoms with Gasteiger partial charge in [-0.05, 0) is 55.4 Å². The molecule has 0 amide bonds. The van der Waals surface area contributed by atoms with Crippen LogP contribution in [0.25, 0.3) is 0 Å². The summed E-state index contributed by atoms with van der Waals surface area (Å²) in [5, 5.41) is 9.64. The molecule has 0 spiro atoms. The average molecular weight is 525 g/mol. The molecular formula is C32H48N2O4. The predicted molar refractivity (Wildman–Crippen MR) is 154 cm³/mol. The van der Waals surface area contributed by atoms with Crippen molar-refractivity contribution in [3.05, 3.63) is 59.7 Å². The van der Waals surface area contributed by atoms with Crippen LogP contribution in [0.1, 0.15) is 63.5 Å². The fourth-order valence-corrected chi connectivity index (χ4v) is 5.72. The smallest absolute Gasteiger partial charge is 0.160 e. The van der Waals surface area contributed by atoms with E-state index >= 15 is 0 Å². The predicted octanol–water partition coefficient (Wildman–Crippen LogP) is 5.15. The van der Waals surface area contributed by atoms with Crippen molar-refractivity contribution < 1.29 is 19.4 Å². The van der Waals surface area contributed by atoms with Crippen molar-refractivity contribution in [2.45, 2.75) is 83.4 Å². The number of methoxy groups -OCH3 is 2. The van der Waals surface area contributed by atoms with E-state index in [0.29, 0.717) is 30.8 Å². The molecule has 38 heavy (non-hydrogen) atoms. The number of nitrogens with zero attached hydrogens (tertiary/aromatic N) is 2. The lowest BCUT2D eigenvalue weighted by molar-refractivity contribution is -0.117. The minimum Gasteiger partial charge on any atom is -0.493 e. The van der Waals surface area contributed by atoms with Gasteiger partial charge in [-0.25, -0.2) is 0 Å². The molecule has 6 heteroatoms. The zero-order valence-corrected chi connectivity index (χ0v) is 23.9. The fraction of sp³-hybridized carbons (Fsp3) is 0.594. The molecule has 3 unspecified atom stereocenters. The number of benzene rings is 2. The Hall–Kier alpha value is -2.41. The van der Waals surface area contributed by atoms with Gasteiger partial charge in [-0.1, -0.05) is 63.1 Å². The Labute approximate surface area is 229 Å². The number of ether oxygens (including phenoxy) is 2. The summed E-state index contributed by atoms with van der Waals surface area (Å²) in [5.74, 6) is 1.89. The topological polar surface area (TPSA) is 62.2 Å². The quantitative estimate of drug-likeness (QED) is 0.414. The minimum absolute atomic E-state index is 0.106. The van der Waals surface area contributed by atoms with E-state index in [1.807, 2.05) is 12.1 Å². The Morgan fingerprint density at radius 2 is 1.53 bits per heavy atom. The monoisotopic (exact) mass is 524 g/mol. The second-order valence-corrected chi connectivity index (χ2v) is 10.7. The highest BCUT2D eigenvalue weighted by atomic mass is 16.5. The molecule has 210 valence electrons. The first-order valence-corrected chi connectivity index (χ1v) is 14.4. The Kier molecular flexibility index (Phi) is 12.6. The van der Waals surface area contributed by atoms with E-state index in [0.717, 1.165) is 63.2 Å². The molecule has 0 aliphatic carbocycles. The molecule has 6 nitrogen and oxygen atoms in total. The van der Waals surface area contributed by atoms with E-state index in [4.69, 9.17) is 9.47 Å². The van der Waals surface area contributed by atoms with Crippen LogP contribution >= 0.6 is 0 Å². The highest BCUT2D eigenvalue weighted by molar-refractivity contribution is 5.82. The van der Waals surface area contributed by atoms with Crippen molar-refractivity contribution in [3.63, 3.8) is 0 Å². The summed E-state index contributed by atoms with van der Waals surface area (Å²) in [5.41, 5.74) is 2.64. The van der Waals surface area contributed by atoms with Gasteiger partial charge < -0.3 is 14.6 Å². The van der Waals surface area contributed by atoms with Crippen LogP contribution in [0.3, 0.4) is 0 Å². The number of likely N-dealkylation sites (tertiary alicyclic amines) is 2. The standard InChI is InChI=1S/C17H25NO3.C15H23NO/c1-4-5-14(18-9-8-15(19)12-18)10-13-6-7-16(20-2)17(11-13)21-3;1-2-6-14(16-10-9-15(17)12-16)11-13-7-4-3-5-8-13/h6-7,11,14H,4-5,8-10,12H2,1-3H3;3-5,7-8,14-15,17H,2,6,9-12H2,1H3. The van der Waals surface area contributed by atoms with E-state index in [-0.39, 0.29) is 6.10 Å². The molecule has 2 heterocycles.